The molecule has 0 radical (unpaired) electrons. The van der Waals surface area contributed by atoms with E-state index in [2.05, 4.69) is 52.3 Å². The third-order valence-corrected chi connectivity index (χ3v) is 5.95. The van der Waals surface area contributed by atoms with Gasteiger partial charge in [-0.2, -0.15) is 0 Å². The zero-order chi connectivity index (χ0) is 21.3. The van der Waals surface area contributed by atoms with Gasteiger partial charge in [0.2, 0.25) is 0 Å². The van der Waals surface area contributed by atoms with Gasteiger partial charge in [-0.1, -0.05) is 107 Å². The van der Waals surface area contributed by atoms with Crippen LogP contribution in [0, 0.1) is 0 Å². The molecule has 0 bridgehead atoms. The van der Waals surface area contributed by atoms with Crippen LogP contribution in [0.1, 0.15) is 16.7 Å². The van der Waals surface area contributed by atoms with Gasteiger partial charge in [0.15, 0.2) is 0 Å². The lowest BCUT2D eigenvalue weighted by atomic mass is 10.1. The van der Waals surface area contributed by atoms with E-state index < -0.39 is 0 Å². The summed E-state index contributed by atoms with van der Waals surface area (Å²) in [6.45, 7) is 1.96. The maximum Gasteiger partial charge on any atom is 0.141 e. The molecule has 5 heteroatoms. The standard InChI is InChI=1S/C26H27BrO4/c27-26-25(30-18-22-14-8-3-9-15-22)24(29-17-21-12-6-2-7-13-21)23(31-26)19-28-16-20-10-4-1-5-11-20/h1-15,23-26H,16-19H2/t23-,24-,25+,26?/m1/s1. The van der Waals surface area contributed by atoms with Crippen molar-refractivity contribution in [2.75, 3.05) is 6.61 Å². The first kappa shape index (κ1) is 22.2. The molecule has 4 nitrogen and oxygen atoms in total. The summed E-state index contributed by atoms with van der Waals surface area (Å²) in [6.07, 6.45) is -0.712. The number of hydrogen-bond donors (Lipinski definition) is 0. The summed E-state index contributed by atoms with van der Waals surface area (Å²) in [5.74, 6) is 0. The second kappa shape index (κ2) is 11.6. The van der Waals surface area contributed by atoms with Crippen LogP contribution in [0.15, 0.2) is 91.0 Å². The van der Waals surface area contributed by atoms with Crippen LogP contribution in [0.25, 0.3) is 0 Å². The molecule has 1 unspecified atom stereocenters. The summed E-state index contributed by atoms with van der Waals surface area (Å²) in [4.78, 5) is 0. The van der Waals surface area contributed by atoms with E-state index >= 15 is 0 Å². The summed E-state index contributed by atoms with van der Waals surface area (Å²) in [5.41, 5.74) is 3.37. The normalized spacial score (nSPS) is 23.1. The lowest BCUT2D eigenvalue weighted by molar-refractivity contribution is -0.0895. The maximum absolute atomic E-state index is 6.32. The number of alkyl halides is 1. The van der Waals surface area contributed by atoms with Crippen LogP contribution in [0.5, 0.6) is 0 Å². The van der Waals surface area contributed by atoms with Crippen LogP contribution in [0.4, 0.5) is 0 Å². The Morgan fingerprint density at radius 2 is 1.06 bits per heavy atom. The molecule has 1 fully saturated rings. The Hall–Kier alpha value is -2.02. The van der Waals surface area contributed by atoms with E-state index in [9.17, 15) is 0 Å². The van der Waals surface area contributed by atoms with Crippen molar-refractivity contribution in [1.82, 2.24) is 0 Å². The zero-order valence-corrected chi connectivity index (χ0v) is 18.9. The van der Waals surface area contributed by atoms with Gasteiger partial charge in [0.1, 0.15) is 23.3 Å². The molecule has 0 spiro atoms. The molecular weight excluding hydrogens is 456 g/mol. The van der Waals surface area contributed by atoms with E-state index in [0.717, 1.165) is 16.7 Å². The van der Waals surface area contributed by atoms with Gasteiger partial charge in [0.05, 0.1) is 26.4 Å². The summed E-state index contributed by atoms with van der Waals surface area (Å²) in [6, 6.07) is 30.4. The van der Waals surface area contributed by atoms with Crippen LogP contribution < -0.4 is 0 Å². The predicted octanol–water partition coefficient (Wildman–Crippen LogP) is 5.49. The smallest absolute Gasteiger partial charge is 0.141 e. The van der Waals surface area contributed by atoms with Crippen LogP contribution in [0.3, 0.4) is 0 Å². The van der Waals surface area contributed by atoms with Gasteiger partial charge in [-0.05, 0) is 16.7 Å². The van der Waals surface area contributed by atoms with Crippen LogP contribution in [0.2, 0.25) is 0 Å². The molecular formula is C26H27BrO4. The quantitative estimate of drug-likeness (QED) is 0.357. The zero-order valence-electron chi connectivity index (χ0n) is 17.3. The fraction of sp³-hybridized carbons (Fsp3) is 0.308. The molecule has 1 heterocycles. The highest BCUT2D eigenvalue weighted by atomic mass is 79.9. The SMILES string of the molecule is BrC1O[C@H](COCc2ccccc2)[C@@H](OCc2ccccc2)[C@@H]1OCc1ccccc1. The van der Waals surface area contributed by atoms with Crippen LogP contribution in [-0.4, -0.2) is 29.9 Å². The molecule has 3 aromatic carbocycles. The average Bonchev–Trinajstić information content (AvgIpc) is 3.12. The third-order valence-electron chi connectivity index (χ3n) is 5.22. The van der Waals surface area contributed by atoms with Crippen LogP contribution >= 0.6 is 15.9 Å². The van der Waals surface area contributed by atoms with Crippen molar-refractivity contribution >= 4 is 15.9 Å². The fourth-order valence-electron chi connectivity index (χ4n) is 3.59. The Morgan fingerprint density at radius 1 is 0.613 bits per heavy atom. The van der Waals surface area contributed by atoms with Crippen LogP contribution in [-0.2, 0) is 38.8 Å². The molecule has 0 N–H and O–H groups in total. The third kappa shape index (κ3) is 6.48. The van der Waals surface area contributed by atoms with Gasteiger partial charge in [0, 0.05) is 0 Å². The molecule has 3 aromatic rings. The first-order chi connectivity index (χ1) is 15.3. The Labute approximate surface area is 192 Å². The summed E-state index contributed by atoms with van der Waals surface area (Å²) in [7, 11) is 0. The molecule has 0 amide bonds. The molecule has 0 aliphatic carbocycles. The van der Waals surface area contributed by atoms with E-state index in [1.165, 1.54) is 0 Å². The van der Waals surface area contributed by atoms with Crippen molar-refractivity contribution in [1.29, 1.82) is 0 Å². The van der Waals surface area contributed by atoms with E-state index in [1.54, 1.807) is 0 Å². The minimum atomic E-state index is -0.262. The van der Waals surface area contributed by atoms with Gasteiger partial charge in [-0.15, -0.1) is 0 Å². The van der Waals surface area contributed by atoms with Gasteiger partial charge < -0.3 is 18.9 Å². The molecule has 4 rings (SSSR count). The average molecular weight is 483 g/mol. The second-order valence-corrected chi connectivity index (χ2v) is 8.45. The minimum absolute atomic E-state index is 0.224. The Balaban J connectivity index is 1.39. The number of rotatable bonds is 10. The summed E-state index contributed by atoms with van der Waals surface area (Å²) >= 11 is 3.64. The molecule has 4 atom stereocenters. The summed E-state index contributed by atoms with van der Waals surface area (Å²) in [5, 5.41) is -0.262. The van der Waals surface area contributed by atoms with Crippen molar-refractivity contribution in [2.45, 2.75) is 43.1 Å². The topological polar surface area (TPSA) is 36.9 Å². The Bertz CT molecular complexity index is 891. The Morgan fingerprint density at radius 3 is 1.58 bits per heavy atom. The van der Waals surface area contributed by atoms with Crippen molar-refractivity contribution < 1.29 is 18.9 Å². The van der Waals surface area contributed by atoms with Gasteiger partial charge in [-0.3, -0.25) is 0 Å². The fourth-order valence-corrected chi connectivity index (χ4v) is 4.32. The van der Waals surface area contributed by atoms with E-state index in [0.29, 0.717) is 26.4 Å². The van der Waals surface area contributed by atoms with E-state index in [-0.39, 0.29) is 23.3 Å². The lowest BCUT2D eigenvalue weighted by Gasteiger charge is -2.24. The predicted molar refractivity (Wildman–Crippen MR) is 124 cm³/mol. The number of benzene rings is 3. The molecule has 31 heavy (non-hydrogen) atoms. The largest absolute Gasteiger partial charge is 0.374 e. The summed E-state index contributed by atoms with van der Waals surface area (Å²) < 4.78 is 24.7. The molecule has 1 aliphatic heterocycles. The van der Waals surface area contributed by atoms with Gasteiger partial charge in [-0.25, -0.2) is 0 Å². The monoisotopic (exact) mass is 482 g/mol. The van der Waals surface area contributed by atoms with Crippen molar-refractivity contribution in [3.8, 4) is 0 Å². The maximum atomic E-state index is 6.32. The van der Waals surface area contributed by atoms with E-state index in [1.807, 2.05) is 54.6 Å². The molecule has 1 aliphatic rings. The lowest BCUT2D eigenvalue weighted by Crippen LogP contribution is -2.38. The number of ether oxygens (including phenoxy) is 4. The first-order valence-electron chi connectivity index (χ1n) is 10.5. The molecule has 0 aromatic heterocycles. The molecule has 162 valence electrons. The minimum Gasteiger partial charge on any atom is -0.374 e. The Kier molecular flexibility index (Phi) is 8.27. The van der Waals surface area contributed by atoms with Crippen molar-refractivity contribution in [2.24, 2.45) is 0 Å². The second-order valence-electron chi connectivity index (χ2n) is 7.55. The van der Waals surface area contributed by atoms with Gasteiger partial charge in [0.25, 0.3) is 0 Å². The highest BCUT2D eigenvalue weighted by molar-refractivity contribution is 9.09. The first-order valence-corrected chi connectivity index (χ1v) is 11.4. The van der Waals surface area contributed by atoms with Crippen molar-refractivity contribution in [3.63, 3.8) is 0 Å². The number of halogens is 1. The molecule has 0 saturated carbocycles. The van der Waals surface area contributed by atoms with Gasteiger partial charge >= 0.3 is 0 Å². The number of hydrogen-bond acceptors (Lipinski definition) is 4. The van der Waals surface area contributed by atoms with E-state index in [4.69, 9.17) is 18.9 Å². The van der Waals surface area contributed by atoms with Crippen molar-refractivity contribution in [3.05, 3.63) is 108 Å². The molecule has 1 saturated heterocycles. The highest BCUT2D eigenvalue weighted by Gasteiger charge is 2.45. The highest BCUT2D eigenvalue weighted by Crippen LogP contribution is 2.32.